The van der Waals surface area contributed by atoms with E-state index in [1.807, 2.05) is 20.8 Å². The molecule has 2 unspecified atom stereocenters. The summed E-state index contributed by atoms with van der Waals surface area (Å²) in [6.45, 7) is 9.91. The van der Waals surface area contributed by atoms with Gasteiger partial charge in [-0.15, -0.1) is 0 Å². The molecule has 0 saturated heterocycles. The number of aliphatic carboxylic acids is 1. The molecule has 0 aliphatic heterocycles. The lowest BCUT2D eigenvalue weighted by Gasteiger charge is -2.14. The maximum Gasteiger partial charge on any atom is 0.306 e. The van der Waals surface area contributed by atoms with E-state index in [0.717, 1.165) is 19.3 Å². The van der Waals surface area contributed by atoms with Gasteiger partial charge in [-0.2, -0.15) is 0 Å². The van der Waals surface area contributed by atoms with E-state index in [4.69, 9.17) is 5.11 Å². The summed E-state index contributed by atoms with van der Waals surface area (Å²) in [5.74, 6) is -0.553. The first kappa shape index (κ1) is 15.0. The first-order valence-electron chi connectivity index (χ1n) is 5.32. The van der Waals surface area contributed by atoms with Gasteiger partial charge in [0, 0.05) is 0 Å². The Kier molecular flexibility index (Phi) is 11.0. The van der Waals surface area contributed by atoms with Crippen molar-refractivity contribution < 1.29 is 9.90 Å². The third kappa shape index (κ3) is 7.82. The van der Waals surface area contributed by atoms with Crippen LogP contribution in [0.2, 0.25) is 0 Å². The van der Waals surface area contributed by atoms with Crippen molar-refractivity contribution in [3.8, 4) is 0 Å². The van der Waals surface area contributed by atoms with Crippen LogP contribution in [0.25, 0.3) is 0 Å². The minimum Gasteiger partial charge on any atom is -0.481 e. The van der Waals surface area contributed by atoms with Crippen molar-refractivity contribution in [2.45, 2.75) is 53.9 Å². The quantitative estimate of drug-likeness (QED) is 0.716. The normalized spacial score (nSPS) is 13.9. The number of unbranched alkanes of at least 4 members (excludes halogenated alkanes) is 1. The van der Waals surface area contributed by atoms with Gasteiger partial charge < -0.3 is 5.11 Å². The molecule has 2 heteroatoms. The third-order valence-electron chi connectivity index (χ3n) is 2.26. The molecule has 0 rings (SSSR count). The Balaban J connectivity index is 0. The summed E-state index contributed by atoms with van der Waals surface area (Å²) in [5, 5.41) is 8.65. The van der Waals surface area contributed by atoms with Gasteiger partial charge in [-0.1, -0.05) is 47.5 Å². The van der Waals surface area contributed by atoms with Gasteiger partial charge in [0.1, 0.15) is 0 Å². The van der Waals surface area contributed by atoms with E-state index in [1.165, 1.54) is 0 Å². The van der Waals surface area contributed by atoms with Crippen LogP contribution in [-0.4, -0.2) is 11.1 Å². The Morgan fingerprint density at radius 1 is 1.31 bits per heavy atom. The molecule has 0 aromatic rings. The molecule has 0 radical (unpaired) electrons. The van der Waals surface area contributed by atoms with E-state index in [0.29, 0.717) is 5.92 Å². The van der Waals surface area contributed by atoms with Crippen LogP contribution < -0.4 is 0 Å². The maximum absolute atomic E-state index is 10.5. The molecule has 80 valence electrons. The lowest BCUT2D eigenvalue weighted by Crippen LogP contribution is -2.17. The molecular weight excluding hydrogens is 164 g/mol. The highest BCUT2D eigenvalue weighted by atomic mass is 16.4. The monoisotopic (exact) mass is 188 g/mol. The molecule has 2 nitrogen and oxygen atoms in total. The lowest BCUT2D eigenvalue weighted by molar-refractivity contribution is -0.142. The van der Waals surface area contributed by atoms with Crippen molar-refractivity contribution in [2.75, 3.05) is 0 Å². The van der Waals surface area contributed by atoms with Crippen LogP contribution >= 0.6 is 0 Å². The fourth-order valence-electron chi connectivity index (χ4n) is 1.02. The highest BCUT2D eigenvalue weighted by molar-refractivity contribution is 5.69. The molecule has 13 heavy (non-hydrogen) atoms. The molecule has 0 saturated carbocycles. The zero-order valence-electron chi connectivity index (χ0n) is 9.63. The second kappa shape index (κ2) is 9.56. The van der Waals surface area contributed by atoms with Crippen LogP contribution in [0.1, 0.15) is 53.9 Å². The Labute approximate surface area is 82.4 Å². The van der Waals surface area contributed by atoms with Crippen molar-refractivity contribution in [1.29, 1.82) is 0 Å². The average molecular weight is 188 g/mol. The first-order chi connectivity index (χ1) is 6.09. The molecule has 0 spiro atoms. The van der Waals surface area contributed by atoms with Gasteiger partial charge in [-0.25, -0.2) is 0 Å². The number of carboxylic acid groups (broad SMARTS) is 1. The van der Waals surface area contributed by atoms with Gasteiger partial charge in [0.05, 0.1) is 5.92 Å². The summed E-state index contributed by atoms with van der Waals surface area (Å²) in [4.78, 5) is 10.5. The summed E-state index contributed by atoms with van der Waals surface area (Å²) in [5.41, 5.74) is 0. The van der Waals surface area contributed by atoms with Gasteiger partial charge >= 0.3 is 5.97 Å². The topological polar surface area (TPSA) is 37.3 Å². The SMILES string of the molecule is CC.CCCCC(C)C(C)C(=O)O. The fraction of sp³-hybridized carbons (Fsp3) is 0.909. The molecule has 0 bridgehead atoms. The third-order valence-corrected chi connectivity index (χ3v) is 2.26. The van der Waals surface area contributed by atoms with Crippen molar-refractivity contribution in [1.82, 2.24) is 0 Å². The van der Waals surface area contributed by atoms with Gasteiger partial charge in [0.25, 0.3) is 0 Å². The standard InChI is InChI=1S/C9H18O2.C2H6/c1-4-5-6-7(2)8(3)9(10)11;1-2/h7-8H,4-6H2,1-3H3,(H,10,11);1-2H3. The van der Waals surface area contributed by atoms with E-state index < -0.39 is 5.97 Å². The van der Waals surface area contributed by atoms with Crippen molar-refractivity contribution in [3.05, 3.63) is 0 Å². The summed E-state index contributed by atoms with van der Waals surface area (Å²) in [7, 11) is 0. The Morgan fingerprint density at radius 2 is 1.77 bits per heavy atom. The molecule has 0 aromatic heterocycles. The number of hydrogen-bond acceptors (Lipinski definition) is 1. The molecule has 1 N–H and O–H groups in total. The number of rotatable bonds is 5. The van der Waals surface area contributed by atoms with Crippen LogP contribution in [0.3, 0.4) is 0 Å². The summed E-state index contributed by atoms with van der Waals surface area (Å²) in [6, 6.07) is 0. The predicted octanol–water partition coefficient (Wildman–Crippen LogP) is 3.56. The first-order valence-corrected chi connectivity index (χ1v) is 5.32. The second-order valence-electron chi connectivity index (χ2n) is 3.25. The minimum absolute atomic E-state index is 0.193. The molecule has 0 fully saturated rings. The van der Waals surface area contributed by atoms with Crippen LogP contribution in [0, 0.1) is 11.8 Å². The molecule has 0 amide bonds. The van der Waals surface area contributed by atoms with Crippen molar-refractivity contribution >= 4 is 5.97 Å². The summed E-state index contributed by atoms with van der Waals surface area (Å²) >= 11 is 0. The predicted molar refractivity (Wildman–Crippen MR) is 56.8 cm³/mol. The van der Waals surface area contributed by atoms with E-state index in [1.54, 1.807) is 6.92 Å². The average Bonchev–Trinajstić information content (AvgIpc) is 2.16. The van der Waals surface area contributed by atoms with E-state index >= 15 is 0 Å². The minimum atomic E-state index is -0.673. The van der Waals surface area contributed by atoms with Crippen LogP contribution in [0.5, 0.6) is 0 Å². The Hall–Kier alpha value is -0.530. The van der Waals surface area contributed by atoms with Gasteiger partial charge in [0.2, 0.25) is 0 Å². The van der Waals surface area contributed by atoms with Crippen LogP contribution in [0.15, 0.2) is 0 Å². The zero-order valence-corrected chi connectivity index (χ0v) is 9.63. The molecule has 2 atom stereocenters. The smallest absolute Gasteiger partial charge is 0.306 e. The van der Waals surface area contributed by atoms with Gasteiger partial charge in [-0.05, 0) is 12.3 Å². The molecule has 0 aliphatic rings. The van der Waals surface area contributed by atoms with Gasteiger partial charge in [-0.3, -0.25) is 4.79 Å². The Morgan fingerprint density at radius 3 is 2.08 bits per heavy atom. The van der Waals surface area contributed by atoms with E-state index in [2.05, 4.69) is 6.92 Å². The van der Waals surface area contributed by atoms with E-state index in [-0.39, 0.29) is 5.92 Å². The highest BCUT2D eigenvalue weighted by Gasteiger charge is 2.17. The molecule has 0 aromatic carbocycles. The van der Waals surface area contributed by atoms with E-state index in [9.17, 15) is 4.79 Å². The molecule has 0 aliphatic carbocycles. The van der Waals surface area contributed by atoms with Crippen molar-refractivity contribution in [2.24, 2.45) is 11.8 Å². The van der Waals surface area contributed by atoms with Crippen LogP contribution in [0.4, 0.5) is 0 Å². The Bertz CT molecular complexity index is 121. The lowest BCUT2D eigenvalue weighted by atomic mass is 9.91. The number of hydrogen-bond donors (Lipinski definition) is 1. The zero-order chi connectivity index (χ0) is 10.9. The fourth-order valence-corrected chi connectivity index (χ4v) is 1.02. The number of carbonyl (C=O) groups is 1. The second-order valence-corrected chi connectivity index (χ2v) is 3.25. The number of carboxylic acids is 1. The molecular formula is C11H24O2. The van der Waals surface area contributed by atoms with Crippen molar-refractivity contribution in [3.63, 3.8) is 0 Å². The summed E-state index contributed by atoms with van der Waals surface area (Å²) in [6.07, 6.45) is 3.32. The van der Waals surface area contributed by atoms with Gasteiger partial charge in [0.15, 0.2) is 0 Å². The van der Waals surface area contributed by atoms with Crippen LogP contribution in [-0.2, 0) is 4.79 Å². The largest absolute Gasteiger partial charge is 0.481 e. The maximum atomic E-state index is 10.5. The molecule has 0 heterocycles. The highest BCUT2D eigenvalue weighted by Crippen LogP contribution is 2.17. The summed E-state index contributed by atoms with van der Waals surface area (Å²) < 4.78 is 0.